The standard InChI is InChI=1S/C13H22O2/c1-9-6-12(13(4,5)7-9)10(2)8-15-11(3)14/h7,10,12H,6,8H2,1-5H3. The van der Waals surface area contributed by atoms with E-state index in [4.69, 9.17) is 4.74 Å². The summed E-state index contributed by atoms with van der Waals surface area (Å²) < 4.78 is 5.08. The lowest BCUT2D eigenvalue weighted by atomic mass is 9.75. The van der Waals surface area contributed by atoms with E-state index in [9.17, 15) is 4.79 Å². The van der Waals surface area contributed by atoms with E-state index in [0.717, 1.165) is 6.42 Å². The molecule has 0 bridgehead atoms. The average Bonchev–Trinajstić information content (AvgIpc) is 2.35. The minimum atomic E-state index is -0.178. The molecule has 0 amide bonds. The van der Waals surface area contributed by atoms with Gasteiger partial charge in [0.05, 0.1) is 6.61 Å². The van der Waals surface area contributed by atoms with Crippen LogP contribution in [-0.2, 0) is 9.53 Å². The van der Waals surface area contributed by atoms with Gasteiger partial charge in [-0.2, -0.15) is 0 Å². The Morgan fingerprint density at radius 3 is 2.67 bits per heavy atom. The monoisotopic (exact) mass is 210 g/mol. The van der Waals surface area contributed by atoms with Crippen molar-refractivity contribution in [2.24, 2.45) is 17.3 Å². The zero-order valence-corrected chi connectivity index (χ0v) is 10.5. The summed E-state index contributed by atoms with van der Waals surface area (Å²) in [5.74, 6) is 0.844. The van der Waals surface area contributed by atoms with Crippen LogP contribution in [0, 0.1) is 17.3 Å². The number of allylic oxidation sites excluding steroid dienone is 2. The van der Waals surface area contributed by atoms with Crippen LogP contribution in [0.3, 0.4) is 0 Å². The van der Waals surface area contributed by atoms with Crippen molar-refractivity contribution in [3.63, 3.8) is 0 Å². The molecule has 15 heavy (non-hydrogen) atoms. The van der Waals surface area contributed by atoms with Crippen LogP contribution in [-0.4, -0.2) is 12.6 Å². The van der Waals surface area contributed by atoms with Crippen LogP contribution in [0.4, 0.5) is 0 Å². The number of hydrogen-bond donors (Lipinski definition) is 0. The van der Waals surface area contributed by atoms with E-state index in [1.807, 2.05) is 0 Å². The highest BCUT2D eigenvalue weighted by atomic mass is 16.5. The third kappa shape index (κ3) is 3.08. The third-order valence-electron chi connectivity index (χ3n) is 3.35. The topological polar surface area (TPSA) is 26.3 Å². The molecule has 0 radical (unpaired) electrons. The van der Waals surface area contributed by atoms with E-state index in [1.165, 1.54) is 12.5 Å². The second kappa shape index (κ2) is 4.38. The normalized spacial score (nSPS) is 25.9. The number of rotatable bonds is 3. The van der Waals surface area contributed by atoms with Crippen LogP contribution in [0.15, 0.2) is 11.6 Å². The maximum absolute atomic E-state index is 10.8. The molecule has 0 saturated heterocycles. The Hall–Kier alpha value is -0.790. The number of esters is 1. The maximum atomic E-state index is 10.8. The summed E-state index contributed by atoms with van der Waals surface area (Å²) in [7, 11) is 0. The van der Waals surface area contributed by atoms with Gasteiger partial charge in [0.25, 0.3) is 0 Å². The van der Waals surface area contributed by atoms with Crippen molar-refractivity contribution >= 4 is 5.97 Å². The SMILES string of the molecule is CC(=O)OCC(C)C1CC(C)=CC1(C)C. The molecule has 0 fully saturated rings. The predicted octanol–water partition coefficient (Wildman–Crippen LogP) is 3.18. The van der Waals surface area contributed by atoms with Gasteiger partial charge in [-0.3, -0.25) is 4.79 Å². The molecule has 1 aliphatic rings. The first kappa shape index (κ1) is 12.3. The van der Waals surface area contributed by atoms with Gasteiger partial charge in [0.1, 0.15) is 0 Å². The fourth-order valence-electron chi connectivity index (χ4n) is 2.71. The second-order valence-corrected chi connectivity index (χ2v) is 5.40. The summed E-state index contributed by atoms with van der Waals surface area (Å²) in [5, 5.41) is 0. The molecular formula is C13H22O2. The van der Waals surface area contributed by atoms with Gasteiger partial charge < -0.3 is 4.74 Å². The predicted molar refractivity (Wildman–Crippen MR) is 61.4 cm³/mol. The Balaban J connectivity index is 2.55. The minimum Gasteiger partial charge on any atom is -0.466 e. The molecule has 2 nitrogen and oxygen atoms in total. The molecule has 0 spiro atoms. The van der Waals surface area contributed by atoms with Crippen LogP contribution in [0.5, 0.6) is 0 Å². The minimum absolute atomic E-state index is 0.178. The summed E-state index contributed by atoms with van der Waals surface area (Å²) >= 11 is 0. The Kier molecular flexibility index (Phi) is 3.58. The van der Waals surface area contributed by atoms with Crippen molar-refractivity contribution in [3.8, 4) is 0 Å². The van der Waals surface area contributed by atoms with Gasteiger partial charge in [0.15, 0.2) is 0 Å². The van der Waals surface area contributed by atoms with E-state index in [1.54, 1.807) is 0 Å². The number of ether oxygens (including phenoxy) is 1. The highest BCUT2D eigenvalue weighted by Crippen LogP contribution is 2.44. The van der Waals surface area contributed by atoms with Gasteiger partial charge in [-0.05, 0) is 30.6 Å². The van der Waals surface area contributed by atoms with Crippen LogP contribution in [0.2, 0.25) is 0 Å². The van der Waals surface area contributed by atoms with E-state index in [2.05, 4.69) is 33.8 Å². The lowest BCUT2D eigenvalue weighted by molar-refractivity contribution is -0.143. The molecule has 0 heterocycles. The van der Waals surface area contributed by atoms with Crippen LogP contribution in [0.25, 0.3) is 0 Å². The van der Waals surface area contributed by atoms with Gasteiger partial charge in [-0.1, -0.05) is 32.4 Å². The molecule has 0 aromatic carbocycles. The summed E-state index contributed by atoms with van der Waals surface area (Å²) in [6, 6.07) is 0. The molecule has 1 rings (SSSR count). The summed E-state index contributed by atoms with van der Waals surface area (Å²) in [6.45, 7) is 10.9. The molecule has 0 aromatic rings. The molecule has 0 saturated carbocycles. The molecule has 0 aromatic heterocycles. The van der Waals surface area contributed by atoms with Crippen LogP contribution >= 0.6 is 0 Å². The molecular weight excluding hydrogens is 188 g/mol. The first-order chi connectivity index (χ1) is 6.83. The Bertz CT molecular complexity index is 276. The molecule has 2 unspecified atom stereocenters. The number of carbonyl (C=O) groups is 1. The molecule has 0 aliphatic heterocycles. The van der Waals surface area contributed by atoms with Crippen molar-refractivity contribution in [1.29, 1.82) is 0 Å². The zero-order valence-electron chi connectivity index (χ0n) is 10.5. The highest BCUT2D eigenvalue weighted by molar-refractivity contribution is 5.65. The van der Waals surface area contributed by atoms with Gasteiger partial charge >= 0.3 is 5.97 Å². The van der Waals surface area contributed by atoms with E-state index in [0.29, 0.717) is 18.4 Å². The first-order valence-electron chi connectivity index (χ1n) is 5.64. The lowest BCUT2D eigenvalue weighted by Gasteiger charge is -2.31. The van der Waals surface area contributed by atoms with E-state index in [-0.39, 0.29) is 11.4 Å². The molecule has 2 atom stereocenters. The first-order valence-corrected chi connectivity index (χ1v) is 5.64. The van der Waals surface area contributed by atoms with Crippen LogP contribution < -0.4 is 0 Å². The molecule has 86 valence electrons. The molecule has 0 N–H and O–H groups in total. The largest absolute Gasteiger partial charge is 0.466 e. The van der Waals surface area contributed by atoms with Crippen LogP contribution in [0.1, 0.15) is 41.0 Å². The maximum Gasteiger partial charge on any atom is 0.302 e. The smallest absolute Gasteiger partial charge is 0.302 e. The second-order valence-electron chi connectivity index (χ2n) is 5.40. The Morgan fingerprint density at radius 2 is 2.27 bits per heavy atom. The van der Waals surface area contributed by atoms with Gasteiger partial charge in [0.2, 0.25) is 0 Å². The van der Waals surface area contributed by atoms with Crippen molar-refractivity contribution in [2.75, 3.05) is 6.61 Å². The fourth-order valence-corrected chi connectivity index (χ4v) is 2.71. The third-order valence-corrected chi connectivity index (χ3v) is 3.35. The molecule has 1 aliphatic carbocycles. The van der Waals surface area contributed by atoms with E-state index < -0.39 is 0 Å². The molecule has 2 heteroatoms. The van der Waals surface area contributed by atoms with Crippen molar-refractivity contribution in [1.82, 2.24) is 0 Å². The van der Waals surface area contributed by atoms with Crippen molar-refractivity contribution in [3.05, 3.63) is 11.6 Å². The number of carbonyl (C=O) groups excluding carboxylic acids is 1. The average molecular weight is 210 g/mol. The van der Waals surface area contributed by atoms with Gasteiger partial charge in [0, 0.05) is 6.92 Å². The highest BCUT2D eigenvalue weighted by Gasteiger charge is 2.36. The zero-order chi connectivity index (χ0) is 11.6. The number of hydrogen-bond acceptors (Lipinski definition) is 2. The van der Waals surface area contributed by atoms with Gasteiger partial charge in [-0.25, -0.2) is 0 Å². The van der Waals surface area contributed by atoms with Crippen molar-refractivity contribution in [2.45, 2.75) is 41.0 Å². The van der Waals surface area contributed by atoms with E-state index >= 15 is 0 Å². The summed E-state index contributed by atoms with van der Waals surface area (Å²) in [4.78, 5) is 10.8. The summed E-state index contributed by atoms with van der Waals surface area (Å²) in [5.41, 5.74) is 1.70. The Labute approximate surface area is 92.7 Å². The fraction of sp³-hybridized carbons (Fsp3) is 0.769. The van der Waals surface area contributed by atoms with Crippen molar-refractivity contribution < 1.29 is 9.53 Å². The van der Waals surface area contributed by atoms with Gasteiger partial charge in [-0.15, -0.1) is 0 Å². The quantitative estimate of drug-likeness (QED) is 0.528. The Morgan fingerprint density at radius 1 is 1.67 bits per heavy atom. The summed E-state index contributed by atoms with van der Waals surface area (Å²) in [6.07, 6.45) is 3.48. The lowest BCUT2D eigenvalue weighted by Crippen LogP contribution is -2.27.